The zero-order chi connectivity index (χ0) is 11.5. The van der Waals surface area contributed by atoms with Gasteiger partial charge in [0.05, 0.1) is 4.88 Å². The number of carbonyl (C=O) groups is 2. The number of allylic oxidation sites excluding steroid dienone is 1. The predicted molar refractivity (Wildman–Crippen MR) is 61.6 cm³/mol. The van der Waals surface area contributed by atoms with Crippen LogP contribution in [0.3, 0.4) is 0 Å². The highest BCUT2D eigenvalue weighted by molar-refractivity contribution is 7.13. The minimum absolute atomic E-state index is 0.0137. The van der Waals surface area contributed by atoms with E-state index in [0.29, 0.717) is 21.7 Å². The normalized spacial score (nSPS) is 18.1. The number of hydrogen-bond donors (Lipinski definition) is 1. The molecule has 2 rings (SSSR count). The van der Waals surface area contributed by atoms with E-state index in [-0.39, 0.29) is 5.78 Å². The van der Waals surface area contributed by atoms with Gasteiger partial charge in [-0.2, -0.15) is 0 Å². The van der Waals surface area contributed by atoms with E-state index in [1.54, 1.807) is 18.2 Å². The third kappa shape index (κ3) is 2.13. The first-order valence-corrected chi connectivity index (χ1v) is 6.00. The maximum Gasteiger partial charge on any atom is 0.161 e. The molecule has 4 heteroatoms. The van der Waals surface area contributed by atoms with Crippen LogP contribution in [0.2, 0.25) is 0 Å². The fraction of sp³-hybridized carbons (Fsp3) is 0.333. The third-order valence-corrected chi connectivity index (χ3v) is 3.69. The number of thiophene rings is 1. The lowest BCUT2D eigenvalue weighted by Gasteiger charge is -2.16. The molecule has 1 atom stereocenters. The summed E-state index contributed by atoms with van der Waals surface area (Å²) in [5.41, 5.74) is 0.477. The molecule has 3 nitrogen and oxygen atoms in total. The largest absolute Gasteiger partial charge is 0.383 e. The van der Waals surface area contributed by atoms with Crippen LogP contribution in [0.5, 0.6) is 0 Å². The maximum absolute atomic E-state index is 11.6. The van der Waals surface area contributed by atoms with Crippen LogP contribution in [0.25, 0.3) is 0 Å². The molecule has 1 N–H and O–H groups in total. The second-order valence-corrected chi connectivity index (χ2v) is 4.88. The average molecular weight is 236 g/mol. The van der Waals surface area contributed by atoms with Crippen molar-refractivity contribution in [2.75, 3.05) is 0 Å². The highest BCUT2D eigenvalue weighted by Gasteiger charge is 2.23. The van der Waals surface area contributed by atoms with Gasteiger partial charge < -0.3 is 5.11 Å². The van der Waals surface area contributed by atoms with E-state index in [0.717, 1.165) is 19.1 Å². The van der Waals surface area contributed by atoms with Crippen LogP contribution in [0.1, 0.15) is 39.9 Å². The van der Waals surface area contributed by atoms with Gasteiger partial charge in [0.15, 0.2) is 12.1 Å². The molecule has 1 aliphatic rings. The monoisotopic (exact) mass is 236 g/mol. The highest BCUT2D eigenvalue weighted by Crippen LogP contribution is 2.31. The first kappa shape index (κ1) is 11.2. The molecule has 1 aliphatic carbocycles. The lowest BCUT2D eigenvalue weighted by Crippen LogP contribution is -2.13. The summed E-state index contributed by atoms with van der Waals surface area (Å²) >= 11 is 1.23. The molecule has 0 fully saturated rings. The minimum Gasteiger partial charge on any atom is -0.383 e. The summed E-state index contributed by atoms with van der Waals surface area (Å²) in [6.45, 7) is 0. The number of rotatable bonds is 3. The molecule has 1 heterocycles. The van der Waals surface area contributed by atoms with Crippen molar-refractivity contribution in [3.8, 4) is 0 Å². The molecule has 0 aliphatic heterocycles. The second-order valence-electron chi connectivity index (χ2n) is 3.74. The van der Waals surface area contributed by atoms with Gasteiger partial charge in [-0.25, -0.2) is 0 Å². The summed E-state index contributed by atoms with van der Waals surface area (Å²) in [6.07, 6.45) is 3.89. The number of aliphatic hydroxyl groups excluding tert-OH is 1. The van der Waals surface area contributed by atoms with Crippen molar-refractivity contribution in [3.63, 3.8) is 0 Å². The van der Waals surface area contributed by atoms with Crippen molar-refractivity contribution >= 4 is 23.4 Å². The van der Waals surface area contributed by atoms with Gasteiger partial charge in [0, 0.05) is 16.9 Å². The number of carbonyl (C=O) groups excluding carboxylic acids is 2. The van der Waals surface area contributed by atoms with Crippen molar-refractivity contribution in [1.82, 2.24) is 0 Å². The van der Waals surface area contributed by atoms with Crippen LogP contribution in [0.4, 0.5) is 0 Å². The molecule has 1 unspecified atom stereocenters. The maximum atomic E-state index is 11.6. The first-order chi connectivity index (χ1) is 7.72. The fourth-order valence-corrected chi connectivity index (χ4v) is 2.61. The van der Waals surface area contributed by atoms with E-state index in [4.69, 9.17) is 0 Å². The molecule has 0 saturated heterocycles. The molecule has 0 saturated carbocycles. The summed E-state index contributed by atoms with van der Waals surface area (Å²) in [5, 5.41) is 10.0. The van der Waals surface area contributed by atoms with Gasteiger partial charge in [0.2, 0.25) is 0 Å². The Morgan fingerprint density at radius 1 is 1.44 bits per heavy atom. The van der Waals surface area contributed by atoms with Crippen molar-refractivity contribution in [1.29, 1.82) is 0 Å². The quantitative estimate of drug-likeness (QED) is 0.819. The minimum atomic E-state index is -0.869. The van der Waals surface area contributed by atoms with E-state index in [9.17, 15) is 14.7 Å². The second kappa shape index (κ2) is 4.72. The van der Waals surface area contributed by atoms with Crippen LogP contribution in [0, 0.1) is 0 Å². The Morgan fingerprint density at radius 3 is 2.88 bits per heavy atom. The Labute approximate surface area is 97.4 Å². The molecule has 1 aromatic heterocycles. The summed E-state index contributed by atoms with van der Waals surface area (Å²) in [4.78, 5) is 23.3. The Hall–Kier alpha value is -1.26. The van der Waals surface area contributed by atoms with Gasteiger partial charge in [0.25, 0.3) is 0 Å². The summed E-state index contributed by atoms with van der Waals surface area (Å²) in [5.74, 6) is 0.0137. The lowest BCUT2D eigenvalue weighted by molar-refractivity contribution is -0.117. The summed E-state index contributed by atoms with van der Waals surface area (Å²) < 4.78 is 0. The van der Waals surface area contributed by atoms with E-state index in [1.165, 1.54) is 11.3 Å². The van der Waals surface area contributed by atoms with Crippen LogP contribution < -0.4 is 0 Å². The standard InChI is InChI=1S/C12H12O3S/c13-7-8-5-6-11(16-8)12(15)9-3-1-2-4-10(9)14/h3,5-7,12,15H,1-2,4H2. The molecule has 0 aromatic carbocycles. The van der Waals surface area contributed by atoms with E-state index in [2.05, 4.69) is 0 Å². The average Bonchev–Trinajstić information content (AvgIpc) is 2.77. The Bertz CT molecular complexity index is 445. The number of aldehydes is 1. The molecule has 0 spiro atoms. The zero-order valence-corrected chi connectivity index (χ0v) is 9.50. The molecule has 0 bridgehead atoms. The van der Waals surface area contributed by atoms with Crippen molar-refractivity contribution in [2.24, 2.45) is 0 Å². The van der Waals surface area contributed by atoms with Gasteiger partial charge >= 0.3 is 0 Å². The third-order valence-electron chi connectivity index (χ3n) is 2.62. The molecular weight excluding hydrogens is 224 g/mol. The van der Waals surface area contributed by atoms with E-state index in [1.807, 2.05) is 0 Å². The van der Waals surface area contributed by atoms with E-state index < -0.39 is 6.10 Å². The van der Waals surface area contributed by atoms with Gasteiger partial charge in [0.1, 0.15) is 6.10 Å². The van der Waals surface area contributed by atoms with Crippen molar-refractivity contribution in [2.45, 2.75) is 25.4 Å². The smallest absolute Gasteiger partial charge is 0.161 e. The molecule has 84 valence electrons. The van der Waals surface area contributed by atoms with Crippen molar-refractivity contribution in [3.05, 3.63) is 33.5 Å². The lowest BCUT2D eigenvalue weighted by atomic mass is 9.93. The number of ketones is 1. The van der Waals surface area contributed by atoms with Crippen LogP contribution >= 0.6 is 11.3 Å². The Kier molecular flexibility index (Phi) is 3.31. The van der Waals surface area contributed by atoms with Crippen LogP contribution in [0.15, 0.2) is 23.8 Å². The summed E-state index contributed by atoms with van der Waals surface area (Å²) in [7, 11) is 0. The molecule has 0 radical (unpaired) electrons. The van der Waals surface area contributed by atoms with Gasteiger partial charge in [-0.3, -0.25) is 9.59 Å². The molecular formula is C12H12O3S. The van der Waals surface area contributed by atoms with Crippen LogP contribution in [-0.4, -0.2) is 17.2 Å². The molecule has 0 amide bonds. The highest BCUT2D eigenvalue weighted by atomic mass is 32.1. The molecule has 16 heavy (non-hydrogen) atoms. The summed E-state index contributed by atoms with van der Waals surface area (Å²) in [6, 6.07) is 3.35. The number of hydrogen-bond acceptors (Lipinski definition) is 4. The van der Waals surface area contributed by atoms with Gasteiger partial charge in [-0.05, 0) is 25.0 Å². The first-order valence-electron chi connectivity index (χ1n) is 5.18. The fourth-order valence-electron chi connectivity index (χ4n) is 1.77. The number of aliphatic hydroxyl groups is 1. The number of Topliss-reactive ketones (excluding diaryl/α,β-unsaturated/α-hetero) is 1. The van der Waals surface area contributed by atoms with E-state index >= 15 is 0 Å². The van der Waals surface area contributed by atoms with Gasteiger partial charge in [-0.1, -0.05) is 6.08 Å². The molecule has 1 aromatic rings. The Morgan fingerprint density at radius 2 is 2.25 bits per heavy atom. The topological polar surface area (TPSA) is 54.4 Å². The SMILES string of the molecule is O=Cc1ccc(C(O)C2=CCCCC2=O)s1. The van der Waals surface area contributed by atoms with Crippen molar-refractivity contribution < 1.29 is 14.7 Å². The van der Waals surface area contributed by atoms with Gasteiger partial charge in [-0.15, -0.1) is 11.3 Å². The Balaban J connectivity index is 2.23. The van der Waals surface area contributed by atoms with Crippen LogP contribution in [-0.2, 0) is 4.79 Å². The predicted octanol–water partition coefficient (Wildman–Crippen LogP) is 2.27. The zero-order valence-electron chi connectivity index (χ0n) is 8.68.